The number of ketones is 1. The minimum absolute atomic E-state index is 0.0384. The molecule has 0 bridgehead atoms. The van der Waals surface area contributed by atoms with Gasteiger partial charge in [-0.15, -0.1) is 0 Å². The molecule has 0 atom stereocenters. The number of esters is 1. The second-order valence-corrected chi connectivity index (χ2v) is 11.8. The predicted molar refractivity (Wildman–Crippen MR) is 142 cm³/mol. The van der Waals surface area contributed by atoms with E-state index in [1.807, 2.05) is 0 Å². The van der Waals surface area contributed by atoms with Crippen molar-refractivity contribution in [3.8, 4) is 5.69 Å². The van der Waals surface area contributed by atoms with Gasteiger partial charge in [-0.1, -0.05) is 13.8 Å². The van der Waals surface area contributed by atoms with Crippen molar-refractivity contribution in [2.24, 2.45) is 16.9 Å². The number of carbonyl (C=O) groups excluding carboxylic acids is 3. The quantitative estimate of drug-likeness (QED) is 0.490. The van der Waals surface area contributed by atoms with E-state index in [4.69, 9.17) is 16.2 Å². The Morgan fingerprint density at radius 3 is 2.50 bits per heavy atom. The van der Waals surface area contributed by atoms with E-state index < -0.39 is 17.7 Å². The van der Waals surface area contributed by atoms with Crippen molar-refractivity contribution in [2.45, 2.75) is 90.2 Å². The molecule has 1 aromatic carbocycles. The summed E-state index contributed by atoms with van der Waals surface area (Å²) in [7, 11) is 0. The van der Waals surface area contributed by atoms with Crippen molar-refractivity contribution < 1.29 is 23.5 Å². The van der Waals surface area contributed by atoms with Gasteiger partial charge in [-0.2, -0.15) is 0 Å². The maximum absolute atomic E-state index is 15.6. The van der Waals surface area contributed by atoms with Crippen molar-refractivity contribution >= 4 is 23.3 Å². The number of primary amides is 1. The van der Waals surface area contributed by atoms with Crippen LogP contribution in [0.3, 0.4) is 0 Å². The zero-order valence-corrected chi connectivity index (χ0v) is 22.2. The van der Waals surface area contributed by atoms with Crippen molar-refractivity contribution in [1.29, 1.82) is 0 Å². The molecule has 5 rings (SSSR count). The van der Waals surface area contributed by atoms with E-state index in [2.05, 4.69) is 23.7 Å². The average Bonchev–Trinajstić information content (AvgIpc) is 3.17. The van der Waals surface area contributed by atoms with Gasteiger partial charge in [-0.05, 0) is 80.9 Å². The Hall–Kier alpha value is -3.20. The highest BCUT2D eigenvalue weighted by molar-refractivity contribution is 6.01. The molecule has 38 heavy (non-hydrogen) atoms. The van der Waals surface area contributed by atoms with Crippen LogP contribution in [-0.2, 0) is 28.8 Å². The van der Waals surface area contributed by atoms with Crippen LogP contribution in [0, 0.1) is 11.2 Å². The zero-order valence-electron chi connectivity index (χ0n) is 22.2. The number of nitrogens with one attached hydrogen (secondary N) is 1. The van der Waals surface area contributed by atoms with Gasteiger partial charge in [-0.3, -0.25) is 14.4 Å². The Bertz CT molecular complexity index is 1290. The number of anilines is 1. The summed E-state index contributed by atoms with van der Waals surface area (Å²) in [5.74, 6) is -1.79. The molecule has 0 radical (unpaired) electrons. The lowest BCUT2D eigenvalue weighted by Gasteiger charge is -2.31. The first kappa shape index (κ1) is 26.4. The number of ether oxygens (including phenoxy) is 1. The third kappa shape index (κ3) is 4.96. The smallest absolute Gasteiger partial charge is 0.319 e. The monoisotopic (exact) mass is 524 g/mol. The fourth-order valence-corrected chi connectivity index (χ4v) is 6.57. The molecular weight excluding hydrogens is 487 g/mol. The van der Waals surface area contributed by atoms with E-state index in [9.17, 15) is 14.4 Å². The van der Waals surface area contributed by atoms with Crippen molar-refractivity contribution in [3.05, 3.63) is 46.0 Å². The Balaban J connectivity index is 1.52. The lowest BCUT2D eigenvalue weighted by atomic mass is 9.75. The minimum atomic E-state index is -0.838. The summed E-state index contributed by atoms with van der Waals surface area (Å²) in [4.78, 5) is 37.1. The van der Waals surface area contributed by atoms with Gasteiger partial charge in [0.2, 0.25) is 0 Å². The van der Waals surface area contributed by atoms with Crippen LogP contribution in [-0.4, -0.2) is 40.9 Å². The second-order valence-electron chi connectivity index (χ2n) is 11.8. The molecule has 8 nitrogen and oxygen atoms in total. The first-order chi connectivity index (χ1) is 18.1. The topological polar surface area (TPSA) is 129 Å². The van der Waals surface area contributed by atoms with Gasteiger partial charge in [0.1, 0.15) is 11.9 Å². The van der Waals surface area contributed by atoms with Gasteiger partial charge < -0.3 is 26.1 Å². The molecule has 1 heterocycles. The van der Waals surface area contributed by atoms with Gasteiger partial charge in [0.15, 0.2) is 5.78 Å². The van der Waals surface area contributed by atoms with E-state index in [1.165, 1.54) is 6.07 Å². The number of aromatic nitrogens is 1. The molecule has 1 aromatic heterocycles. The molecule has 1 fully saturated rings. The molecule has 1 saturated carbocycles. The number of rotatable bonds is 6. The van der Waals surface area contributed by atoms with Gasteiger partial charge >= 0.3 is 5.97 Å². The van der Waals surface area contributed by atoms with Gasteiger partial charge in [-0.25, -0.2) is 4.39 Å². The van der Waals surface area contributed by atoms with Gasteiger partial charge in [0.05, 0.1) is 23.5 Å². The average molecular weight is 525 g/mol. The first-order valence-corrected chi connectivity index (χ1v) is 13.7. The van der Waals surface area contributed by atoms with Crippen molar-refractivity contribution in [2.75, 3.05) is 11.9 Å². The predicted octanol–water partition coefficient (Wildman–Crippen LogP) is 3.97. The highest BCUT2D eigenvalue weighted by Crippen LogP contribution is 2.43. The van der Waals surface area contributed by atoms with E-state index >= 15 is 4.39 Å². The zero-order chi connectivity index (χ0) is 27.2. The van der Waals surface area contributed by atoms with E-state index in [1.54, 1.807) is 6.07 Å². The number of nitrogens with zero attached hydrogens (tertiary/aromatic N) is 1. The molecule has 0 spiro atoms. The number of benzene rings is 1. The molecule has 3 aliphatic rings. The third-order valence-electron chi connectivity index (χ3n) is 8.21. The maximum Gasteiger partial charge on any atom is 0.319 e. The number of halogens is 1. The molecule has 2 aromatic rings. The summed E-state index contributed by atoms with van der Waals surface area (Å²) in [5, 5.41) is 3.36. The van der Waals surface area contributed by atoms with Crippen molar-refractivity contribution in [3.63, 3.8) is 0 Å². The Labute approximate surface area is 222 Å². The lowest BCUT2D eigenvalue weighted by molar-refractivity contribution is -0.148. The largest absolute Gasteiger partial charge is 0.461 e. The van der Waals surface area contributed by atoms with E-state index in [-0.39, 0.29) is 35.5 Å². The van der Waals surface area contributed by atoms with Crippen LogP contribution in [0.25, 0.3) is 5.69 Å². The number of fused-ring (bicyclic) bond motifs is 3. The summed E-state index contributed by atoms with van der Waals surface area (Å²) in [6.07, 6.45) is 7.40. The number of amides is 1. The maximum atomic E-state index is 15.6. The number of hydrogen-bond acceptors (Lipinski definition) is 6. The summed E-state index contributed by atoms with van der Waals surface area (Å²) < 4.78 is 23.0. The Morgan fingerprint density at radius 2 is 1.82 bits per heavy atom. The second kappa shape index (κ2) is 10.2. The van der Waals surface area contributed by atoms with Crippen LogP contribution in [0.2, 0.25) is 0 Å². The molecule has 1 amide bonds. The molecule has 9 heteroatoms. The SMILES string of the molecule is CC1(C)CC(=O)c2c3c(n(-c4cc(F)c(C(N)=O)c(NC5CCC(OC(=O)CN)CC5)c4)c2C1)CCCC3. The van der Waals surface area contributed by atoms with Crippen molar-refractivity contribution in [1.82, 2.24) is 4.57 Å². The number of hydrogen-bond donors (Lipinski definition) is 3. The summed E-state index contributed by atoms with van der Waals surface area (Å²) in [6, 6.07) is 3.13. The van der Waals surface area contributed by atoms with Crippen LogP contribution in [0.5, 0.6) is 0 Å². The van der Waals surface area contributed by atoms with E-state index in [0.29, 0.717) is 49.9 Å². The summed E-state index contributed by atoms with van der Waals surface area (Å²) in [6.45, 7) is 4.03. The first-order valence-electron chi connectivity index (χ1n) is 13.7. The van der Waals surface area contributed by atoms with Gasteiger partial charge in [0.25, 0.3) is 5.91 Å². The van der Waals surface area contributed by atoms with Crippen LogP contribution >= 0.6 is 0 Å². The fourth-order valence-electron chi connectivity index (χ4n) is 6.57. The Kier molecular flexibility index (Phi) is 7.07. The molecule has 5 N–H and O–H groups in total. The molecule has 0 saturated heterocycles. The highest BCUT2D eigenvalue weighted by Gasteiger charge is 2.38. The number of Topliss-reactive ketones (excluding diaryl/α,β-unsaturated/α-hetero) is 1. The molecular formula is C29H37FN4O4. The van der Waals surface area contributed by atoms with E-state index in [0.717, 1.165) is 48.2 Å². The standard InChI is InChI=1S/C29H37FN4O4/c1-29(2)13-23-26(24(35)14-29)19-5-3-4-6-22(19)34(23)17-11-20(30)27(28(32)37)21(12-17)33-16-7-9-18(10-8-16)38-25(36)15-31/h11-12,16,18,33H,3-10,13-15,31H2,1-2H3,(H2,32,37). The fraction of sp³-hybridized carbons (Fsp3) is 0.552. The highest BCUT2D eigenvalue weighted by atomic mass is 19.1. The molecule has 0 unspecified atom stereocenters. The number of nitrogens with two attached hydrogens (primary N) is 2. The third-order valence-corrected chi connectivity index (χ3v) is 8.21. The van der Waals surface area contributed by atoms with Crippen LogP contribution in [0.1, 0.15) is 96.5 Å². The van der Waals surface area contributed by atoms with Crippen LogP contribution in [0.4, 0.5) is 10.1 Å². The summed E-state index contributed by atoms with van der Waals surface area (Å²) >= 11 is 0. The lowest BCUT2D eigenvalue weighted by Crippen LogP contribution is -2.33. The van der Waals surface area contributed by atoms with Gasteiger partial charge in [0, 0.05) is 29.4 Å². The normalized spacial score (nSPS) is 22.4. The number of carbonyl (C=O) groups is 3. The summed E-state index contributed by atoms with van der Waals surface area (Å²) in [5.41, 5.74) is 15.5. The molecule has 204 valence electrons. The molecule has 0 aliphatic heterocycles. The molecule has 3 aliphatic carbocycles. The van der Waals surface area contributed by atoms with Crippen LogP contribution in [0.15, 0.2) is 12.1 Å². The Morgan fingerprint density at radius 1 is 1.11 bits per heavy atom. The minimum Gasteiger partial charge on any atom is -0.461 e. The van der Waals surface area contributed by atoms with Crippen LogP contribution < -0.4 is 16.8 Å².